The minimum absolute atomic E-state index is 0.0478. The van der Waals surface area contributed by atoms with Gasteiger partial charge in [-0.15, -0.1) is 0 Å². The van der Waals surface area contributed by atoms with E-state index in [1.54, 1.807) is 0 Å². The molecule has 0 aromatic rings. The van der Waals surface area contributed by atoms with Crippen LogP contribution in [0.25, 0.3) is 0 Å². The van der Waals surface area contributed by atoms with Gasteiger partial charge in [0.2, 0.25) is 17.7 Å². The van der Waals surface area contributed by atoms with Crippen molar-refractivity contribution in [1.29, 1.82) is 0 Å². The highest BCUT2D eigenvalue weighted by Gasteiger charge is 2.17. The van der Waals surface area contributed by atoms with Crippen LogP contribution in [0.15, 0.2) is 0 Å². The Labute approximate surface area is 241 Å². The fourth-order valence-electron chi connectivity index (χ4n) is 3.71. The van der Waals surface area contributed by atoms with Crippen molar-refractivity contribution in [2.24, 2.45) is 5.92 Å². The summed E-state index contributed by atoms with van der Waals surface area (Å²) in [5, 5.41) is 8.51. The van der Waals surface area contributed by atoms with E-state index in [4.69, 9.17) is 31.9 Å². The predicted octanol–water partition coefficient (Wildman–Crippen LogP) is -0.299. The van der Waals surface area contributed by atoms with Crippen LogP contribution in [0.4, 0.5) is 0 Å². The smallest absolute Gasteiger partial charge is 0.234 e. The second-order valence-corrected chi connectivity index (χ2v) is 10.2. The molecule has 0 aromatic carbocycles. The number of hydrogen-bond donors (Lipinski definition) is 3. The molecule has 3 N–H and O–H groups in total. The van der Waals surface area contributed by atoms with Gasteiger partial charge in [0, 0.05) is 32.0 Å². The first kappa shape index (κ1) is 37.2. The van der Waals surface area contributed by atoms with E-state index in [2.05, 4.69) is 16.0 Å². The molecule has 3 amide bonds. The summed E-state index contributed by atoms with van der Waals surface area (Å²) < 4.78 is 2.27. The summed E-state index contributed by atoms with van der Waals surface area (Å²) in [5.41, 5.74) is 0. The van der Waals surface area contributed by atoms with Gasteiger partial charge in [-0.2, -0.15) is 0 Å². The number of carbonyl (C=O) groups excluding carboxylic acids is 4. The van der Waals surface area contributed by atoms with Crippen molar-refractivity contribution >= 4 is 55.4 Å². The SMILES string of the molecule is [B]N([B])CCCCCNC(=O)CN(CC(=O)NCCCCCC(=O)C(C)C)CC(=O)NCCCCCN([B])[B]. The monoisotopic (exact) mass is 538 g/mol. The Balaban J connectivity index is 4.51. The van der Waals surface area contributed by atoms with Crippen LogP contribution in [0.5, 0.6) is 0 Å². The Morgan fingerprint density at radius 1 is 0.564 bits per heavy atom. The van der Waals surface area contributed by atoms with Crippen LogP contribution >= 0.6 is 0 Å². The second-order valence-electron chi connectivity index (χ2n) is 10.2. The molecule has 212 valence electrons. The highest BCUT2D eigenvalue weighted by atomic mass is 16.2. The maximum atomic E-state index is 12.5. The molecule has 39 heavy (non-hydrogen) atoms. The van der Waals surface area contributed by atoms with Crippen LogP contribution in [0.3, 0.4) is 0 Å². The lowest BCUT2D eigenvalue weighted by Crippen LogP contribution is -2.47. The molecule has 0 rings (SSSR count). The Bertz CT molecular complexity index is 667. The normalized spacial score (nSPS) is 11.3. The van der Waals surface area contributed by atoms with Gasteiger partial charge in [0.1, 0.15) is 5.78 Å². The van der Waals surface area contributed by atoms with E-state index in [0.29, 0.717) is 39.1 Å². The molecule has 0 bridgehead atoms. The van der Waals surface area contributed by atoms with Gasteiger partial charge < -0.3 is 25.4 Å². The molecule has 14 heteroatoms. The van der Waals surface area contributed by atoms with Gasteiger partial charge in [-0.05, 0) is 51.6 Å². The first-order chi connectivity index (χ1) is 18.5. The van der Waals surface area contributed by atoms with E-state index in [0.717, 1.165) is 67.2 Å². The molecule has 0 fully saturated rings. The standard InChI is InChI=1S/C25H46B4N6O4/c1-21(2)22(36)12-6-3-7-13-30-23(37)18-33(19-24(38)31-14-8-4-10-16-34(26)27)20-25(39)32-15-9-5-11-17-35(28)29/h21H,3-20H2,1-2H3,(H,30,37)(H,31,38)(H,32,39). The summed E-state index contributed by atoms with van der Waals surface area (Å²) in [6.07, 6.45) is 7.87. The van der Waals surface area contributed by atoms with E-state index in [1.807, 2.05) is 13.8 Å². The van der Waals surface area contributed by atoms with Crippen molar-refractivity contribution in [2.45, 2.75) is 78.1 Å². The zero-order valence-electron chi connectivity index (χ0n) is 24.1. The molecule has 0 spiro atoms. The third-order valence-corrected chi connectivity index (χ3v) is 6.00. The summed E-state index contributed by atoms with van der Waals surface area (Å²) in [5.74, 6) is -0.459. The fraction of sp³-hybridized carbons (Fsp3) is 0.840. The van der Waals surface area contributed by atoms with Gasteiger partial charge in [0.05, 0.1) is 19.6 Å². The average Bonchev–Trinajstić information content (AvgIpc) is 2.84. The van der Waals surface area contributed by atoms with Crippen LogP contribution in [0.2, 0.25) is 0 Å². The lowest BCUT2D eigenvalue weighted by atomic mass is 10.0. The van der Waals surface area contributed by atoms with Crippen molar-refractivity contribution in [2.75, 3.05) is 52.4 Å². The molecule has 0 saturated heterocycles. The van der Waals surface area contributed by atoms with Gasteiger partial charge in [-0.3, -0.25) is 24.1 Å². The van der Waals surface area contributed by atoms with Crippen LogP contribution in [-0.2, 0) is 19.2 Å². The zero-order chi connectivity index (χ0) is 29.5. The van der Waals surface area contributed by atoms with Crippen LogP contribution in [-0.4, -0.2) is 122 Å². The number of hydrogen-bond acceptors (Lipinski definition) is 7. The minimum atomic E-state index is -0.255. The number of ketones is 1. The van der Waals surface area contributed by atoms with Crippen molar-refractivity contribution in [1.82, 2.24) is 30.3 Å². The number of nitrogens with zero attached hydrogens (tertiary/aromatic N) is 3. The number of carbonyl (C=O) groups is 4. The lowest BCUT2D eigenvalue weighted by Gasteiger charge is -2.21. The molecule has 10 nitrogen and oxygen atoms in total. The largest absolute Gasteiger partial charge is 0.404 e. The summed E-state index contributed by atoms with van der Waals surface area (Å²) in [7, 11) is 21.5. The average molecular weight is 538 g/mol. The Morgan fingerprint density at radius 2 is 0.923 bits per heavy atom. The van der Waals surface area contributed by atoms with E-state index in [-0.39, 0.29) is 49.1 Å². The molecule has 0 heterocycles. The number of rotatable bonds is 25. The van der Waals surface area contributed by atoms with E-state index in [1.165, 1.54) is 4.90 Å². The zero-order valence-corrected chi connectivity index (χ0v) is 24.1. The van der Waals surface area contributed by atoms with E-state index in [9.17, 15) is 19.2 Å². The Morgan fingerprint density at radius 3 is 1.26 bits per heavy atom. The minimum Gasteiger partial charge on any atom is -0.404 e. The van der Waals surface area contributed by atoms with Crippen LogP contribution in [0.1, 0.15) is 78.1 Å². The first-order valence-corrected chi connectivity index (χ1v) is 14.1. The topological polar surface area (TPSA) is 114 Å². The molecule has 0 aliphatic heterocycles. The molecule has 0 aromatic heterocycles. The van der Waals surface area contributed by atoms with Gasteiger partial charge >= 0.3 is 0 Å². The molecule has 8 radical (unpaired) electrons. The Hall–Kier alpha value is -1.78. The molecule has 0 atom stereocenters. The first-order valence-electron chi connectivity index (χ1n) is 14.1. The highest BCUT2D eigenvalue weighted by Crippen LogP contribution is 2.05. The van der Waals surface area contributed by atoms with Crippen molar-refractivity contribution < 1.29 is 19.2 Å². The number of Topliss-reactive ketones (excluding diaryl/α,β-unsaturated/α-hetero) is 1. The van der Waals surface area contributed by atoms with E-state index >= 15 is 0 Å². The molecule has 0 aliphatic rings. The number of nitrogens with one attached hydrogen (secondary N) is 3. The van der Waals surface area contributed by atoms with E-state index < -0.39 is 0 Å². The number of unbranched alkanes of at least 4 members (excludes halogenated alkanes) is 6. The van der Waals surface area contributed by atoms with Crippen LogP contribution in [0, 0.1) is 5.92 Å². The summed E-state index contributed by atoms with van der Waals surface area (Å²) in [4.78, 5) is 50.7. The van der Waals surface area contributed by atoms with Gasteiger partial charge in [-0.25, -0.2) is 0 Å². The summed E-state index contributed by atoms with van der Waals surface area (Å²) >= 11 is 0. The van der Waals surface area contributed by atoms with Gasteiger partial charge in [-0.1, -0.05) is 33.1 Å². The summed E-state index contributed by atoms with van der Waals surface area (Å²) in [6.45, 7) is 6.17. The molecule has 0 unspecified atom stereocenters. The van der Waals surface area contributed by atoms with Crippen molar-refractivity contribution in [3.63, 3.8) is 0 Å². The van der Waals surface area contributed by atoms with Gasteiger partial charge in [0.25, 0.3) is 0 Å². The van der Waals surface area contributed by atoms with Crippen LogP contribution < -0.4 is 16.0 Å². The quantitative estimate of drug-likeness (QED) is 0.108. The maximum absolute atomic E-state index is 12.5. The fourth-order valence-corrected chi connectivity index (χ4v) is 3.71. The van der Waals surface area contributed by atoms with Gasteiger partial charge in [0.15, 0.2) is 31.9 Å². The third kappa shape index (κ3) is 25.0. The Kier molecular flexibility index (Phi) is 23.0. The molecular weight excluding hydrogens is 492 g/mol. The second kappa shape index (κ2) is 24.1. The third-order valence-electron chi connectivity index (χ3n) is 6.00. The van der Waals surface area contributed by atoms with Crippen molar-refractivity contribution in [3.05, 3.63) is 0 Å². The highest BCUT2D eigenvalue weighted by molar-refractivity contribution is 6.25. The molecular formula is C25H46B4N6O4. The number of amides is 3. The summed E-state index contributed by atoms with van der Waals surface area (Å²) in [6, 6.07) is 0. The predicted molar refractivity (Wildman–Crippen MR) is 158 cm³/mol. The van der Waals surface area contributed by atoms with Crippen molar-refractivity contribution in [3.8, 4) is 0 Å². The molecule has 0 aliphatic carbocycles. The maximum Gasteiger partial charge on any atom is 0.234 e. The molecule has 0 saturated carbocycles. The lowest BCUT2D eigenvalue weighted by molar-refractivity contribution is -0.128.